The first-order valence-corrected chi connectivity index (χ1v) is 24.5. The number of hydrogen-bond acceptors (Lipinski definition) is 3. The molecule has 0 saturated carbocycles. The zero-order chi connectivity index (χ0) is 47.3. The van der Waals surface area contributed by atoms with Crippen LogP contribution in [0.25, 0.3) is 143 Å². The molecule has 0 aliphatic heterocycles. The average molecular weight is 916 g/mol. The van der Waals surface area contributed by atoms with Crippen LogP contribution < -0.4 is 0 Å². The van der Waals surface area contributed by atoms with Gasteiger partial charge in [0.05, 0.1) is 50.9 Å². The van der Waals surface area contributed by atoms with Crippen molar-refractivity contribution in [2.75, 3.05) is 0 Å². The van der Waals surface area contributed by atoms with Crippen molar-refractivity contribution in [3.05, 3.63) is 249 Å². The largest absolute Gasteiger partial charge is 0.309 e. The average Bonchev–Trinajstić information content (AvgIpc) is 3.99. The second-order valence-electron chi connectivity index (χ2n) is 18.7. The van der Waals surface area contributed by atoms with Crippen molar-refractivity contribution >= 4 is 86.8 Å². The predicted octanol–water partition coefficient (Wildman–Crippen LogP) is 17.3. The molecule has 0 atom stereocenters. The maximum atomic E-state index is 5.56. The second kappa shape index (κ2) is 15.9. The minimum absolute atomic E-state index is 0.934. The molecule has 0 amide bonds. The summed E-state index contributed by atoms with van der Waals surface area (Å²) in [7, 11) is 0. The lowest BCUT2D eigenvalue weighted by Crippen LogP contribution is -2.00. The maximum absolute atomic E-state index is 5.56. The lowest BCUT2D eigenvalue weighted by Gasteiger charge is -2.21. The third-order valence-electron chi connectivity index (χ3n) is 14.8. The Morgan fingerprint density at radius 2 is 0.736 bits per heavy atom. The van der Waals surface area contributed by atoms with Gasteiger partial charge in [-0.2, -0.15) is 0 Å². The van der Waals surface area contributed by atoms with Gasteiger partial charge in [0.15, 0.2) is 0 Å². The molecule has 0 saturated heterocycles. The van der Waals surface area contributed by atoms with Gasteiger partial charge in [0.25, 0.3) is 0 Å². The van der Waals surface area contributed by atoms with Crippen molar-refractivity contribution in [1.29, 1.82) is 0 Å². The number of para-hydroxylation sites is 2. The molecule has 0 bridgehead atoms. The van der Waals surface area contributed by atoms with Gasteiger partial charge in [-0.05, 0) is 116 Å². The molecule has 0 unspecified atom stereocenters. The van der Waals surface area contributed by atoms with Crippen LogP contribution in [0.15, 0.2) is 249 Å². The predicted molar refractivity (Wildman–Crippen MR) is 300 cm³/mol. The van der Waals surface area contributed by atoms with Crippen LogP contribution in [-0.2, 0) is 0 Å². The van der Waals surface area contributed by atoms with Crippen molar-refractivity contribution in [3.63, 3.8) is 0 Å². The quantitative estimate of drug-likeness (QED) is 0.156. The molecule has 0 spiro atoms. The van der Waals surface area contributed by atoms with E-state index in [1.807, 2.05) is 36.7 Å². The van der Waals surface area contributed by atoms with Gasteiger partial charge < -0.3 is 9.13 Å². The van der Waals surface area contributed by atoms with Gasteiger partial charge in [-0.3, -0.25) is 15.0 Å². The fraction of sp³-hybridized carbons (Fsp3) is 0. The van der Waals surface area contributed by atoms with E-state index in [-0.39, 0.29) is 0 Å². The number of fused-ring (bicyclic) bond motifs is 13. The minimum Gasteiger partial charge on any atom is -0.309 e. The smallest absolute Gasteiger partial charge is 0.0788 e. The Morgan fingerprint density at radius 1 is 0.278 bits per heavy atom. The summed E-state index contributed by atoms with van der Waals surface area (Å²) in [4.78, 5) is 15.0. The molecule has 10 aromatic carbocycles. The molecule has 5 aromatic heterocycles. The van der Waals surface area contributed by atoms with Crippen molar-refractivity contribution in [1.82, 2.24) is 24.1 Å². The first-order valence-electron chi connectivity index (χ1n) is 24.5. The zero-order valence-electron chi connectivity index (χ0n) is 38.9. The third kappa shape index (κ3) is 6.11. The molecular formula is C67H41N5. The normalized spacial score (nSPS) is 11.9. The standard InChI is InChI=1S/C67H41N5/c1-3-15-50-42(13-1)31-35-61-65(50)53-17-5-7-21-59(53)71(61)48-33-34-52-55(39-48)63(46-27-23-44(24-28-46)57-19-9-11-37-68-57)64(47-29-25-45(26-30-47)58-20-10-12-38-69-58)56-40-49(41-70-67(52)56)72-60-22-8-6-18-54(60)66-51-16-4-2-14-43(51)32-36-62(66)72/h1-41H. The van der Waals surface area contributed by atoms with Gasteiger partial charge >= 0.3 is 0 Å². The summed E-state index contributed by atoms with van der Waals surface area (Å²) in [5.41, 5.74) is 16.1. The third-order valence-corrected chi connectivity index (χ3v) is 14.8. The van der Waals surface area contributed by atoms with Crippen molar-refractivity contribution in [3.8, 4) is 56.1 Å². The summed E-state index contributed by atoms with van der Waals surface area (Å²) in [6, 6.07) is 83.5. The molecule has 5 heterocycles. The summed E-state index contributed by atoms with van der Waals surface area (Å²) < 4.78 is 4.84. The number of aromatic nitrogens is 5. The molecule has 5 heteroatoms. The fourth-order valence-electron chi connectivity index (χ4n) is 11.7. The molecule has 334 valence electrons. The van der Waals surface area contributed by atoms with E-state index in [4.69, 9.17) is 15.0 Å². The monoisotopic (exact) mass is 915 g/mol. The molecule has 72 heavy (non-hydrogen) atoms. The number of pyridine rings is 3. The van der Waals surface area contributed by atoms with Gasteiger partial charge in [0, 0.05) is 61.5 Å². The lowest BCUT2D eigenvalue weighted by atomic mass is 9.85. The van der Waals surface area contributed by atoms with E-state index in [2.05, 4.69) is 222 Å². The Morgan fingerprint density at radius 3 is 1.28 bits per heavy atom. The van der Waals surface area contributed by atoms with Gasteiger partial charge in [-0.15, -0.1) is 0 Å². The number of nitrogens with zero attached hydrogens (tertiary/aromatic N) is 5. The summed E-state index contributed by atoms with van der Waals surface area (Å²) >= 11 is 0. The number of hydrogen-bond donors (Lipinski definition) is 0. The molecule has 0 fully saturated rings. The van der Waals surface area contributed by atoms with Crippen molar-refractivity contribution in [2.45, 2.75) is 0 Å². The van der Waals surface area contributed by atoms with Gasteiger partial charge in [0.1, 0.15) is 0 Å². The van der Waals surface area contributed by atoms with Crippen LogP contribution in [0.1, 0.15) is 0 Å². The van der Waals surface area contributed by atoms with E-state index in [1.54, 1.807) is 0 Å². The molecular weight excluding hydrogens is 875 g/mol. The molecule has 0 N–H and O–H groups in total. The van der Waals surface area contributed by atoms with Crippen LogP contribution in [0, 0.1) is 0 Å². The summed E-state index contributed by atoms with van der Waals surface area (Å²) in [6.07, 6.45) is 5.79. The summed E-state index contributed by atoms with van der Waals surface area (Å²) in [5.74, 6) is 0. The molecule has 15 rings (SSSR count). The summed E-state index contributed by atoms with van der Waals surface area (Å²) in [6.45, 7) is 0. The first-order chi connectivity index (χ1) is 35.7. The number of benzene rings is 10. The van der Waals surface area contributed by atoms with Gasteiger partial charge in [-0.25, -0.2) is 0 Å². The minimum atomic E-state index is 0.934. The zero-order valence-corrected chi connectivity index (χ0v) is 38.9. The van der Waals surface area contributed by atoms with E-state index in [1.165, 1.54) is 48.6 Å². The highest BCUT2D eigenvalue weighted by Gasteiger charge is 2.23. The van der Waals surface area contributed by atoms with E-state index < -0.39 is 0 Å². The number of rotatable bonds is 6. The van der Waals surface area contributed by atoms with Crippen molar-refractivity contribution in [2.24, 2.45) is 0 Å². The van der Waals surface area contributed by atoms with Crippen molar-refractivity contribution < 1.29 is 0 Å². The Balaban J connectivity index is 1.06. The Hall–Kier alpha value is -9.71. The SMILES string of the molecule is c1ccc(-c2ccc(-c3c(-c4ccc(-c5ccccn5)cc4)c4cc(-n5c6ccccc6c6c7ccccc7ccc65)cnc4c4ccc(-n5c6ccccc6c6c7ccccc7ccc65)cc34)cc2)nc1. The van der Waals surface area contributed by atoms with E-state index >= 15 is 0 Å². The van der Waals surface area contributed by atoms with Crippen LogP contribution in [0.4, 0.5) is 0 Å². The van der Waals surface area contributed by atoms with E-state index in [0.29, 0.717) is 0 Å². The summed E-state index contributed by atoms with van der Waals surface area (Å²) in [5, 5.41) is 13.1. The van der Waals surface area contributed by atoms with E-state index in [9.17, 15) is 0 Å². The molecule has 15 aromatic rings. The Kier molecular flexibility index (Phi) is 8.89. The van der Waals surface area contributed by atoms with Crippen LogP contribution in [0.3, 0.4) is 0 Å². The first kappa shape index (κ1) is 40.2. The maximum Gasteiger partial charge on any atom is 0.0788 e. The highest BCUT2D eigenvalue weighted by atomic mass is 15.0. The lowest BCUT2D eigenvalue weighted by molar-refractivity contribution is 1.16. The fourth-order valence-corrected chi connectivity index (χ4v) is 11.7. The highest BCUT2D eigenvalue weighted by Crippen LogP contribution is 2.47. The molecule has 0 aliphatic carbocycles. The van der Waals surface area contributed by atoms with Gasteiger partial charge in [0.2, 0.25) is 0 Å². The van der Waals surface area contributed by atoms with E-state index in [0.717, 1.165) is 94.4 Å². The Bertz CT molecular complexity index is 4350. The van der Waals surface area contributed by atoms with Crippen LogP contribution in [0.5, 0.6) is 0 Å². The van der Waals surface area contributed by atoms with Gasteiger partial charge in [-0.1, -0.05) is 164 Å². The van der Waals surface area contributed by atoms with Crippen LogP contribution in [-0.4, -0.2) is 24.1 Å². The van der Waals surface area contributed by atoms with Crippen LogP contribution >= 0.6 is 0 Å². The molecule has 0 radical (unpaired) electrons. The molecule has 5 nitrogen and oxygen atoms in total. The second-order valence-corrected chi connectivity index (χ2v) is 18.7. The molecule has 0 aliphatic rings. The Labute approximate surface area is 414 Å². The topological polar surface area (TPSA) is 48.5 Å². The highest BCUT2D eigenvalue weighted by molar-refractivity contribution is 6.24. The van der Waals surface area contributed by atoms with Crippen LogP contribution in [0.2, 0.25) is 0 Å².